The van der Waals surface area contributed by atoms with Crippen molar-refractivity contribution in [1.29, 1.82) is 0 Å². The number of hydrogen-bond donors (Lipinski definition) is 0. The third-order valence-electron chi connectivity index (χ3n) is 2.30. The molecule has 0 aliphatic carbocycles. The fraction of sp³-hybridized carbons (Fsp3) is 0.462. The molecule has 2 nitrogen and oxygen atoms in total. The van der Waals surface area contributed by atoms with E-state index in [1.807, 2.05) is 0 Å². The average Bonchev–Trinajstić information content (AvgIpc) is 2.34. The number of unbranched alkanes of at least 4 members (excludes halogenated alkanes) is 2. The van der Waals surface area contributed by atoms with Crippen LogP contribution in [0, 0.1) is 0 Å². The van der Waals surface area contributed by atoms with Crippen LogP contribution in [0.3, 0.4) is 0 Å². The Labute approximate surface area is 100 Å². The minimum Gasteiger partial charge on any atom is -0.391 e. The summed E-state index contributed by atoms with van der Waals surface area (Å²) in [5.74, 6) is 0. The highest BCUT2D eigenvalue weighted by molar-refractivity contribution is 5.56. The summed E-state index contributed by atoms with van der Waals surface area (Å²) < 4.78 is 24.5. The molecule has 0 aliphatic rings. The maximum absolute atomic E-state index is 12.3. The van der Waals surface area contributed by atoms with Gasteiger partial charge in [0.25, 0.3) is 6.43 Å². The topological polar surface area (TPSA) is 21.6 Å². The van der Waals surface area contributed by atoms with E-state index in [4.69, 9.17) is 4.84 Å². The predicted molar refractivity (Wildman–Crippen MR) is 64.2 cm³/mol. The normalized spacial score (nSPS) is 11.3. The molecular formula is C13H17F2NO. The fourth-order valence-corrected chi connectivity index (χ4v) is 1.27. The van der Waals surface area contributed by atoms with Gasteiger partial charge < -0.3 is 4.84 Å². The van der Waals surface area contributed by atoms with Crippen LogP contribution in [-0.4, -0.2) is 6.21 Å². The molecule has 1 aromatic carbocycles. The van der Waals surface area contributed by atoms with Crippen LogP contribution < -0.4 is 0 Å². The minimum atomic E-state index is -2.42. The lowest BCUT2D eigenvalue weighted by Crippen LogP contribution is -1.89. The van der Waals surface area contributed by atoms with Gasteiger partial charge in [0.2, 0.25) is 0 Å². The first-order valence-electron chi connectivity index (χ1n) is 5.74. The van der Waals surface area contributed by atoms with Crippen molar-refractivity contribution in [3.8, 4) is 0 Å². The summed E-state index contributed by atoms with van der Waals surface area (Å²) in [4.78, 5) is 5.05. The van der Waals surface area contributed by atoms with Gasteiger partial charge in [0.1, 0.15) is 6.61 Å². The maximum Gasteiger partial charge on any atom is 0.263 e. The lowest BCUT2D eigenvalue weighted by molar-refractivity contribution is 0.131. The lowest BCUT2D eigenvalue weighted by Gasteiger charge is -2.02. The van der Waals surface area contributed by atoms with Crippen molar-refractivity contribution in [3.63, 3.8) is 0 Å². The molecule has 0 radical (unpaired) electrons. The Kier molecular flexibility index (Phi) is 6.22. The molecule has 17 heavy (non-hydrogen) atoms. The zero-order valence-corrected chi connectivity index (χ0v) is 9.90. The van der Waals surface area contributed by atoms with Crippen LogP contribution in [0.5, 0.6) is 0 Å². The first-order valence-corrected chi connectivity index (χ1v) is 5.74. The van der Waals surface area contributed by atoms with Gasteiger partial charge in [-0.15, -0.1) is 0 Å². The highest BCUT2D eigenvalue weighted by atomic mass is 19.3. The average molecular weight is 241 g/mol. The van der Waals surface area contributed by atoms with Gasteiger partial charge in [0.05, 0.1) is 0 Å². The number of nitrogens with zero attached hydrogens (tertiary/aromatic N) is 1. The Balaban J connectivity index is 2.30. The zero-order valence-electron chi connectivity index (χ0n) is 9.90. The monoisotopic (exact) mass is 241 g/mol. The van der Waals surface area contributed by atoms with Crippen molar-refractivity contribution in [2.75, 3.05) is 0 Å². The number of hydrogen-bond acceptors (Lipinski definition) is 2. The highest BCUT2D eigenvalue weighted by Gasteiger charge is 2.05. The SMILES string of the molecule is CCCCC=NOCc1ccc(C(F)F)cc1. The van der Waals surface area contributed by atoms with Crippen molar-refractivity contribution >= 4 is 6.21 Å². The van der Waals surface area contributed by atoms with Gasteiger partial charge in [0, 0.05) is 11.8 Å². The first-order chi connectivity index (χ1) is 8.24. The standard InChI is InChI=1S/C13H17F2NO/c1-2-3-4-9-16-17-10-11-5-7-12(8-6-11)13(14)15/h5-9,13H,2-4,10H2,1H3. The molecule has 94 valence electrons. The van der Waals surface area contributed by atoms with Crippen molar-refractivity contribution in [3.05, 3.63) is 35.4 Å². The van der Waals surface area contributed by atoms with Crippen molar-refractivity contribution in [2.24, 2.45) is 5.16 Å². The van der Waals surface area contributed by atoms with Crippen molar-refractivity contribution < 1.29 is 13.6 Å². The van der Waals surface area contributed by atoms with Crippen LogP contribution in [0.4, 0.5) is 8.78 Å². The number of rotatable bonds is 7. The Morgan fingerprint density at radius 3 is 2.59 bits per heavy atom. The van der Waals surface area contributed by atoms with Crippen molar-refractivity contribution in [1.82, 2.24) is 0 Å². The van der Waals surface area contributed by atoms with Gasteiger partial charge >= 0.3 is 0 Å². The summed E-state index contributed by atoms with van der Waals surface area (Å²) in [5, 5.41) is 3.79. The van der Waals surface area contributed by atoms with E-state index in [1.165, 1.54) is 12.1 Å². The van der Waals surface area contributed by atoms with E-state index in [0.717, 1.165) is 24.8 Å². The molecule has 0 aliphatic heterocycles. The van der Waals surface area contributed by atoms with E-state index in [2.05, 4.69) is 12.1 Å². The number of benzene rings is 1. The highest BCUT2D eigenvalue weighted by Crippen LogP contribution is 2.18. The summed E-state index contributed by atoms with van der Waals surface area (Å²) in [5.41, 5.74) is 0.863. The number of halogens is 2. The molecule has 0 spiro atoms. The van der Waals surface area contributed by atoms with E-state index < -0.39 is 6.43 Å². The van der Waals surface area contributed by atoms with Crippen LogP contribution in [0.15, 0.2) is 29.4 Å². The second-order valence-corrected chi connectivity index (χ2v) is 3.75. The van der Waals surface area contributed by atoms with Crippen LogP contribution >= 0.6 is 0 Å². The molecule has 1 rings (SSSR count). The molecule has 1 aromatic rings. The molecule has 0 unspecified atom stereocenters. The van der Waals surface area contributed by atoms with Gasteiger partial charge in [-0.2, -0.15) is 0 Å². The van der Waals surface area contributed by atoms with E-state index in [0.29, 0.717) is 6.61 Å². The molecule has 0 aromatic heterocycles. The number of oxime groups is 1. The molecule has 0 N–H and O–H groups in total. The lowest BCUT2D eigenvalue weighted by atomic mass is 10.1. The van der Waals surface area contributed by atoms with Crippen LogP contribution in [0.1, 0.15) is 43.7 Å². The summed E-state index contributed by atoms with van der Waals surface area (Å²) in [6.45, 7) is 2.42. The fourth-order valence-electron chi connectivity index (χ4n) is 1.27. The Bertz CT molecular complexity index is 336. The third kappa shape index (κ3) is 5.43. The second-order valence-electron chi connectivity index (χ2n) is 3.75. The molecule has 4 heteroatoms. The summed E-state index contributed by atoms with van der Waals surface area (Å²) in [6, 6.07) is 6.07. The Morgan fingerprint density at radius 2 is 2.00 bits per heavy atom. The van der Waals surface area contributed by atoms with Gasteiger partial charge in [-0.1, -0.05) is 42.8 Å². The van der Waals surface area contributed by atoms with Gasteiger partial charge in [0.15, 0.2) is 0 Å². The molecule has 0 bridgehead atoms. The van der Waals surface area contributed by atoms with Gasteiger partial charge in [-0.05, 0) is 18.4 Å². The van der Waals surface area contributed by atoms with Crippen molar-refractivity contribution in [2.45, 2.75) is 39.2 Å². The molecular weight excluding hydrogens is 224 g/mol. The van der Waals surface area contributed by atoms with Gasteiger partial charge in [-0.25, -0.2) is 8.78 Å². The molecule has 0 atom stereocenters. The Hall–Kier alpha value is -1.45. The summed E-state index contributed by atoms with van der Waals surface area (Å²) >= 11 is 0. The summed E-state index contributed by atoms with van der Waals surface area (Å²) in [6.07, 6.45) is 2.44. The third-order valence-corrected chi connectivity index (χ3v) is 2.30. The van der Waals surface area contributed by atoms with E-state index in [9.17, 15) is 8.78 Å². The molecule has 0 saturated carbocycles. The van der Waals surface area contributed by atoms with E-state index in [-0.39, 0.29) is 5.56 Å². The first kappa shape index (κ1) is 13.6. The van der Waals surface area contributed by atoms with E-state index in [1.54, 1.807) is 18.3 Å². The maximum atomic E-state index is 12.3. The second kappa shape index (κ2) is 7.76. The zero-order chi connectivity index (χ0) is 12.5. The smallest absolute Gasteiger partial charge is 0.263 e. The Morgan fingerprint density at radius 1 is 1.29 bits per heavy atom. The van der Waals surface area contributed by atoms with E-state index >= 15 is 0 Å². The van der Waals surface area contributed by atoms with Crippen LogP contribution in [0.25, 0.3) is 0 Å². The number of alkyl halides is 2. The molecule has 0 saturated heterocycles. The molecule has 0 heterocycles. The summed E-state index contributed by atoms with van der Waals surface area (Å²) in [7, 11) is 0. The van der Waals surface area contributed by atoms with Crippen LogP contribution in [-0.2, 0) is 11.4 Å². The largest absolute Gasteiger partial charge is 0.391 e. The van der Waals surface area contributed by atoms with Crippen LogP contribution in [0.2, 0.25) is 0 Å². The molecule has 0 fully saturated rings. The quantitative estimate of drug-likeness (QED) is 0.396. The van der Waals surface area contributed by atoms with Gasteiger partial charge in [-0.3, -0.25) is 0 Å². The minimum absolute atomic E-state index is 0.0280. The predicted octanol–water partition coefficient (Wildman–Crippen LogP) is 4.32. The molecule has 0 amide bonds.